The van der Waals surface area contributed by atoms with E-state index in [1.165, 1.54) is 29.9 Å². The molecule has 0 aliphatic heterocycles. The second kappa shape index (κ2) is 11.0. The first-order chi connectivity index (χ1) is 17.6. The van der Waals surface area contributed by atoms with Crippen LogP contribution in [-0.2, 0) is 22.7 Å². The first kappa shape index (κ1) is 24.1. The van der Waals surface area contributed by atoms with Crippen molar-refractivity contribution in [1.82, 2.24) is 25.2 Å². The summed E-state index contributed by atoms with van der Waals surface area (Å²) in [6, 6.07) is 16.3. The fourth-order valence-corrected chi connectivity index (χ4v) is 5.49. The summed E-state index contributed by atoms with van der Waals surface area (Å²) in [7, 11) is 0. The number of nitrogens with one attached hydrogen (secondary N) is 1. The molecule has 1 atom stereocenters. The molecule has 2 heterocycles. The van der Waals surface area contributed by atoms with E-state index >= 15 is 0 Å². The molecule has 1 aliphatic rings. The highest BCUT2D eigenvalue weighted by Crippen LogP contribution is 2.27. The molecule has 2 aromatic heterocycles. The van der Waals surface area contributed by atoms with Crippen molar-refractivity contribution >= 4 is 34.2 Å². The van der Waals surface area contributed by atoms with Gasteiger partial charge in [0.25, 0.3) is 0 Å². The molecular weight excluding hydrogens is 477 g/mol. The molecule has 2 amide bonds. The largest absolute Gasteiger partial charge is 0.351 e. The predicted octanol–water partition coefficient (Wildman–Crippen LogP) is 4.85. The number of carbonyl (C=O) groups is 2. The van der Waals surface area contributed by atoms with E-state index in [4.69, 9.17) is 0 Å². The van der Waals surface area contributed by atoms with Crippen LogP contribution in [0, 0.1) is 5.82 Å². The quantitative estimate of drug-likeness (QED) is 0.371. The minimum absolute atomic E-state index is 0.0692. The van der Waals surface area contributed by atoms with Gasteiger partial charge in [0.1, 0.15) is 23.9 Å². The zero-order valence-electron chi connectivity index (χ0n) is 19.8. The highest BCUT2D eigenvalue weighted by Gasteiger charge is 2.33. The SMILES string of the molecule is O=C(NC1CCCCC1)C(c1ccc(F)cc1)N(Cc1cccs1)C(=O)Cn1nnc2ccccc21. The van der Waals surface area contributed by atoms with Crippen molar-refractivity contribution in [3.63, 3.8) is 0 Å². The highest BCUT2D eigenvalue weighted by atomic mass is 32.1. The molecule has 1 fully saturated rings. The lowest BCUT2D eigenvalue weighted by Gasteiger charge is -2.33. The van der Waals surface area contributed by atoms with Gasteiger partial charge in [0, 0.05) is 10.9 Å². The van der Waals surface area contributed by atoms with E-state index in [1.54, 1.807) is 21.7 Å². The van der Waals surface area contributed by atoms with Crippen LogP contribution in [0.15, 0.2) is 66.0 Å². The number of benzene rings is 2. The Morgan fingerprint density at radius 1 is 1.06 bits per heavy atom. The lowest BCUT2D eigenvalue weighted by molar-refractivity contribution is -0.142. The predicted molar refractivity (Wildman–Crippen MR) is 137 cm³/mol. The van der Waals surface area contributed by atoms with Gasteiger partial charge in [-0.15, -0.1) is 16.4 Å². The van der Waals surface area contributed by atoms with Crippen LogP contribution in [0.25, 0.3) is 11.0 Å². The smallest absolute Gasteiger partial charge is 0.247 e. The Bertz CT molecular complexity index is 1320. The van der Waals surface area contributed by atoms with Crippen LogP contribution in [-0.4, -0.2) is 37.7 Å². The third-order valence-corrected chi connectivity index (χ3v) is 7.49. The summed E-state index contributed by atoms with van der Waals surface area (Å²) < 4.78 is 15.3. The molecule has 36 heavy (non-hydrogen) atoms. The number of thiophene rings is 1. The number of para-hydroxylation sites is 1. The fourth-order valence-electron chi connectivity index (χ4n) is 4.79. The maximum absolute atomic E-state index is 13.8. The monoisotopic (exact) mass is 505 g/mol. The molecular formula is C27H28FN5O2S. The summed E-state index contributed by atoms with van der Waals surface area (Å²) in [4.78, 5) is 30.1. The minimum Gasteiger partial charge on any atom is -0.351 e. The lowest BCUT2D eigenvalue weighted by atomic mass is 9.94. The fraction of sp³-hybridized carbons (Fsp3) is 0.333. The molecule has 9 heteroatoms. The Morgan fingerprint density at radius 2 is 1.83 bits per heavy atom. The van der Waals surface area contributed by atoms with Crippen LogP contribution < -0.4 is 5.32 Å². The normalized spacial score (nSPS) is 15.0. The number of hydrogen-bond acceptors (Lipinski definition) is 5. The van der Waals surface area contributed by atoms with Gasteiger partial charge in [-0.05, 0) is 54.1 Å². The van der Waals surface area contributed by atoms with E-state index in [9.17, 15) is 14.0 Å². The molecule has 1 unspecified atom stereocenters. The molecule has 2 aromatic carbocycles. The molecule has 1 N–H and O–H groups in total. The minimum atomic E-state index is -0.906. The average molecular weight is 506 g/mol. The van der Waals surface area contributed by atoms with Gasteiger partial charge in [-0.3, -0.25) is 9.59 Å². The Kier molecular flexibility index (Phi) is 7.36. The summed E-state index contributed by atoms with van der Waals surface area (Å²) in [5, 5.41) is 13.4. The highest BCUT2D eigenvalue weighted by molar-refractivity contribution is 7.09. The Labute approximate surface area is 212 Å². The van der Waals surface area contributed by atoms with Crippen LogP contribution >= 0.6 is 11.3 Å². The molecule has 186 valence electrons. The molecule has 0 radical (unpaired) electrons. The van der Waals surface area contributed by atoms with Crippen molar-refractivity contribution in [2.24, 2.45) is 0 Å². The number of aromatic nitrogens is 3. The van der Waals surface area contributed by atoms with Gasteiger partial charge < -0.3 is 10.2 Å². The third-order valence-electron chi connectivity index (χ3n) is 6.63. The average Bonchev–Trinajstić information content (AvgIpc) is 3.56. The van der Waals surface area contributed by atoms with Gasteiger partial charge >= 0.3 is 0 Å². The number of nitrogens with zero attached hydrogens (tertiary/aromatic N) is 4. The zero-order valence-corrected chi connectivity index (χ0v) is 20.7. The van der Waals surface area contributed by atoms with Gasteiger partial charge in [0.15, 0.2) is 0 Å². The Balaban J connectivity index is 1.49. The summed E-state index contributed by atoms with van der Waals surface area (Å²) >= 11 is 1.52. The number of carbonyl (C=O) groups excluding carboxylic acids is 2. The molecule has 0 spiro atoms. The van der Waals surface area contributed by atoms with Gasteiger partial charge in [0.05, 0.1) is 12.1 Å². The van der Waals surface area contributed by atoms with E-state index in [-0.39, 0.29) is 30.9 Å². The first-order valence-electron chi connectivity index (χ1n) is 12.2. The summed E-state index contributed by atoms with van der Waals surface area (Å²) in [5.74, 6) is -0.913. The van der Waals surface area contributed by atoms with Crippen molar-refractivity contribution in [3.05, 3.63) is 82.3 Å². The Morgan fingerprint density at radius 3 is 2.58 bits per heavy atom. The van der Waals surface area contributed by atoms with Crippen molar-refractivity contribution in [1.29, 1.82) is 0 Å². The Hall–Kier alpha value is -3.59. The van der Waals surface area contributed by atoms with Crippen molar-refractivity contribution in [2.75, 3.05) is 0 Å². The zero-order chi connectivity index (χ0) is 24.9. The van der Waals surface area contributed by atoms with Gasteiger partial charge in [-0.25, -0.2) is 9.07 Å². The molecule has 0 saturated heterocycles. The maximum Gasteiger partial charge on any atom is 0.247 e. The number of amides is 2. The molecule has 1 aliphatic carbocycles. The number of rotatable bonds is 8. The van der Waals surface area contributed by atoms with E-state index in [2.05, 4.69) is 15.6 Å². The van der Waals surface area contributed by atoms with E-state index in [0.717, 1.165) is 36.1 Å². The van der Waals surface area contributed by atoms with E-state index in [0.29, 0.717) is 11.1 Å². The lowest BCUT2D eigenvalue weighted by Crippen LogP contribution is -2.47. The van der Waals surface area contributed by atoms with E-state index in [1.807, 2.05) is 41.8 Å². The summed E-state index contributed by atoms with van der Waals surface area (Å²) in [6.45, 7) is 0.184. The molecule has 0 bridgehead atoms. The first-order valence-corrected chi connectivity index (χ1v) is 13.1. The topological polar surface area (TPSA) is 80.1 Å². The molecule has 7 nitrogen and oxygen atoms in total. The second-order valence-corrected chi connectivity index (χ2v) is 10.2. The van der Waals surface area contributed by atoms with Gasteiger partial charge in [-0.1, -0.05) is 54.8 Å². The van der Waals surface area contributed by atoms with Crippen molar-refractivity contribution in [2.45, 2.75) is 57.3 Å². The second-order valence-electron chi connectivity index (χ2n) is 9.13. The van der Waals surface area contributed by atoms with Crippen LogP contribution in [0.3, 0.4) is 0 Å². The molecule has 5 rings (SSSR count). The van der Waals surface area contributed by atoms with Crippen molar-refractivity contribution < 1.29 is 14.0 Å². The van der Waals surface area contributed by atoms with Crippen LogP contribution in [0.1, 0.15) is 48.6 Å². The maximum atomic E-state index is 13.8. The van der Waals surface area contributed by atoms with Crippen LogP contribution in [0.4, 0.5) is 4.39 Å². The summed E-state index contributed by atoms with van der Waals surface area (Å²) in [6.07, 6.45) is 5.16. The van der Waals surface area contributed by atoms with E-state index < -0.39 is 11.9 Å². The summed E-state index contributed by atoms with van der Waals surface area (Å²) in [5.41, 5.74) is 2.00. The molecule has 1 saturated carbocycles. The van der Waals surface area contributed by atoms with Gasteiger partial charge in [-0.2, -0.15) is 0 Å². The standard InChI is InChI=1S/C27H28FN5O2S/c28-20-14-12-19(13-15-20)26(27(35)29-21-7-2-1-3-8-21)32(17-22-9-6-16-36-22)25(34)18-33-24-11-5-4-10-23(24)30-31-33/h4-6,9-16,21,26H,1-3,7-8,17-18H2,(H,29,35). The van der Waals surface area contributed by atoms with Gasteiger partial charge in [0.2, 0.25) is 11.8 Å². The van der Waals surface area contributed by atoms with Crippen LogP contribution in [0.2, 0.25) is 0 Å². The number of halogens is 1. The molecule has 4 aromatic rings. The number of hydrogen-bond donors (Lipinski definition) is 1. The third kappa shape index (κ3) is 5.46. The van der Waals surface area contributed by atoms with Crippen molar-refractivity contribution in [3.8, 4) is 0 Å². The number of fused-ring (bicyclic) bond motifs is 1. The van der Waals surface area contributed by atoms with Crippen LogP contribution in [0.5, 0.6) is 0 Å².